The number of rotatable bonds is 3. The zero-order chi connectivity index (χ0) is 11.5. The minimum absolute atomic E-state index is 0.0937. The number of pyridine rings is 1. The van der Waals surface area contributed by atoms with E-state index in [2.05, 4.69) is 25.8 Å². The summed E-state index contributed by atoms with van der Waals surface area (Å²) in [4.78, 5) is 6.44. The average molecular weight is 287 g/mol. The third-order valence-electron chi connectivity index (χ3n) is 2.93. The summed E-state index contributed by atoms with van der Waals surface area (Å²) >= 11 is 3.48. The number of anilines is 1. The molecule has 1 N–H and O–H groups in total. The Morgan fingerprint density at radius 2 is 2.50 bits per heavy atom. The number of halogens is 1. The van der Waals surface area contributed by atoms with Crippen molar-refractivity contribution < 1.29 is 9.84 Å². The van der Waals surface area contributed by atoms with Crippen molar-refractivity contribution in [2.75, 3.05) is 25.2 Å². The molecule has 88 valence electrons. The van der Waals surface area contributed by atoms with Gasteiger partial charge in [0.15, 0.2) is 0 Å². The summed E-state index contributed by atoms with van der Waals surface area (Å²) in [5, 5.41) is 9.36. The fraction of sp³-hybridized carbons (Fsp3) is 0.545. The van der Waals surface area contributed by atoms with Crippen LogP contribution in [0.2, 0.25) is 0 Å². The molecule has 0 radical (unpaired) electrons. The lowest BCUT2D eigenvalue weighted by molar-refractivity contribution is 0.115. The van der Waals surface area contributed by atoms with Crippen molar-refractivity contribution in [1.29, 1.82) is 0 Å². The minimum atomic E-state index is 0.0937. The number of nitrogens with zero attached hydrogens (tertiary/aromatic N) is 2. The van der Waals surface area contributed by atoms with E-state index in [-0.39, 0.29) is 18.8 Å². The lowest BCUT2D eigenvalue weighted by Crippen LogP contribution is -2.33. The quantitative estimate of drug-likeness (QED) is 0.913. The second-order valence-corrected chi connectivity index (χ2v) is 4.75. The second-order valence-electron chi connectivity index (χ2n) is 3.89. The molecule has 0 aliphatic carbocycles. The van der Waals surface area contributed by atoms with Gasteiger partial charge in [-0.1, -0.05) is 0 Å². The number of hydrogen-bond acceptors (Lipinski definition) is 4. The Labute approximate surface area is 103 Å². The van der Waals surface area contributed by atoms with Gasteiger partial charge in [0.05, 0.1) is 23.2 Å². The molecule has 4 nitrogen and oxygen atoms in total. The minimum Gasteiger partial charge on any atom is -0.394 e. The highest BCUT2D eigenvalue weighted by Crippen LogP contribution is 2.30. The van der Waals surface area contributed by atoms with Gasteiger partial charge < -0.3 is 14.7 Å². The molecule has 0 bridgehead atoms. The van der Waals surface area contributed by atoms with Gasteiger partial charge in [-0.2, -0.15) is 0 Å². The van der Waals surface area contributed by atoms with Gasteiger partial charge in [-0.05, 0) is 34.5 Å². The van der Waals surface area contributed by atoms with E-state index in [1.807, 2.05) is 12.1 Å². The van der Waals surface area contributed by atoms with Crippen molar-refractivity contribution in [3.8, 4) is 0 Å². The molecule has 16 heavy (non-hydrogen) atoms. The summed E-state index contributed by atoms with van der Waals surface area (Å²) in [7, 11) is 1.70. The van der Waals surface area contributed by atoms with Crippen LogP contribution in [-0.2, 0) is 4.74 Å². The topological polar surface area (TPSA) is 45.6 Å². The second kappa shape index (κ2) is 5.12. The van der Waals surface area contributed by atoms with Crippen molar-refractivity contribution in [2.45, 2.75) is 18.6 Å². The Bertz CT molecular complexity index is 362. The van der Waals surface area contributed by atoms with Crippen LogP contribution in [0.5, 0.6) is 0 Å². The number of hydrogen-bond donors (Lipinski definition) is 1. The van der Waals surface area contributed by atoms with Crippen LogP contribution < -0.4 is 4.90 Å². The van der Waals surface area contributed by atoms with E-state index < -0.39 is 0 Å². The Balaban J connectivity index is 2.23. The zero-order valence-electron chi connectivity index (χ0n) is 9.14. The standard InChI is InChI=1S/C11H15BrN2O2/c1-16-9-5-8(7-15)14(6-9)11-10(12)3-2-4-13-11/h2-4,8-9,15H,5-7H2,1H3/t8-,9+/m0/s1. The molecule has 2 rings (SSSR count). The maximum atomic E-state index is 9.36. The molecule has 0 unspecified atom stereocenters. The molecule has 5 heteroatoms. The molecule has 2 atom stereocenters. The normalized spacial score (nSPS) is 25.1. The predicted molar refractivity (Wildman–Crippen MR) is 65.6 cm³/mol. The molecule has 0 amide bonds. The van der Waals surface area contributed by atoms with Gasteiger partial charge >= 0.3 is 0 Å². The van der Waals surface area contributed by atoms with Crippen LogP contribution in [0.25, 0.3) is 0 Å². The van der Waals surface area contributed by atoms with Crippen molar-refractivity contribution >= 4 is 21.7 Å². The van der Waals surface area contributed by atoms with Gasteiger partial charge in [-0.25, -0.2) is 4.98 Å². The summed E-state index contributed by atoms with van der Waals surface area (Å²) in [5.41, 5.74) is 0. The van der Waals surface area contributed by atoms with Gasteiger partial charge in [-0.15, -0.1) is 0 Å². The van der Waals surface area contributed by atoms with Crippen LogP contribution in [0.3, 0.4) is 0 Å². The SMILES string of the molecule is CO[C@@H]1C[C@@H](CO)N(c2ncccc2Br)C1. The van der Waals surface area contributed by atoms with Crippen molar-refractivity contribution in [1.82, 2.24) is 4.98 Å². The summed E-state index contributed by atoms with van der Waals surface area (Å²) in [6.45, 7) is 0.903. The maximum Gasteiger partial charge on any atom is 0.143 e. The highest BCUT2D eigenvalue weighted by Gasteiger charge is 2.33. The van der Waals surface area contributed by atoms with Crippen LogP contribution in [0, 0.1) is 0 Å². The third-order valence-corrected chi connectivity index (χ3v) is 3.55. The fourth-order valence-electron chi connectivity index (χ4n) is 2.07. The van der Waals surface area contributed by atoms with E-state index in [1.54, 1.807) is 13.3 Å². The summed E-state index contributed by atoms with van der Waals surface area (Å²) < 4.78 is 6.29. The van der Waals surface area contributed by atoms with Gasteiger partial charge in [0.25, 0.3) is 0 Å². The van der Waals surface area contributed by atoms with Gasteiger partial charge in [0, 0.05) is 19.9 Å². The summed E-state index contributed by atoms with van der Waals surface area (Å²) in [6.07, 6.45) is 2.77. The molecule has 0 saturated carbocycles. The fourth-order valence-corrected chi connectivity index (χ4v) is 2.55. The predicted octanol–water partition coefficient (Wildman–Crippen LogP) is 1.43. The molecule has 1 fully saturated rings. The van der Waals surface area contributed by atoms with Gasteiger partial charge in [-0.3, -0.25) is 0 Å². The Hall–Kier alpha value is -0.650. The van der Waals surface area contributed by atoms with E-state index in [0.29, 0.717) is 0 Å². The highest BCUT2D eigenvalue weighted by molar-refractivity contribution is 9.10. The molecule has 1 saturated heterocycles. The molecule has 1 aromatic rings. The average Bonchev–Trinajstić information content (AvgIpc) is 2.72. The number of aliphatic hydroxyl groups is 1. The Morgan fingerprint density at radius 3 is 3.12 bits per heavy atom. The van der Waals surface area contributed by atoms with Crippen LogP contribution in [0.4, 0.5) is 5.82 Å². The van der Waals surface area contributed by atoms with E-state index >= 15 is 0 Å². The van der Waals surface area contributed by atoms with Crippen LogP contribution >= 0.6 is 15.9 Å². The number of methoxy groups -OCH3 is 1. The molecule has 0 spiro atoms. The smallest absolute Gasteiger partial charge is 0.143 e. The first kappa shape index (κ1) is 11.8. The first-order valence-corrected chi connectivity index (χ1v) is 6.06. The molecule has 0 aromatic carbocycles. The van der Waals surface area contributed by atoms with E-state index in [0.717, 1.165) is 23.3 Å². The van der Waals surface area contributed by atoms with E-state index in [9.17, 15) is 5.11 Å². The van der Waals surface area contributed by atoms with Gasteiger partial charge in [0.2, 0.25) is 0 Å². The lowest BCUT2D eigenvalue weighted by atomic mass is 10.2. The first-order chi connectivity index (χ1) is 7.76. The highest BCUT2D eigenvalue weighted by atomic mass is 79.9. The third kappa shape index (κ3) is 2.21. The Morgan fingerprint density at radius 1 is 1.69 bits per heavy atom. The number of aliphatic hydroxyl groups excluding tert-OH is 1. The Kier molecular flexibility index (Phi) is 3.78. The monoisotopic (exact) mass is 286 g/mol. The van der Waals surface area contributed by atoms with Crippen molar-refractivity contribution in [2.24, 2.45) is 0 Å². The molecule has 1 aliphatic rings. The molecular formula is C11H15BrN2O2. The number of aromatic nitrogens is 1. The first-order valence-electron chi connectivity index (χ1n) is 5.27. The molecule has 1 aromatic heterocycles. The van der Waals surface area contributed by atoms with Crippen LogP contribution in [0.1, 0.15) is 6.42 Å². The molecule has 1 aliphatic heterocycles. The van der Waals surface area contributed by atoms with E-state index in [4.69, 9.17) is 4.74 Å². The van der Waals surface area contributed by atoms with Crippen LogP contribution in [0.15, 0.2) is 22.8 Å². The zero-order valence-corrected chi connectivity index (χ0v) is 10.7. The van der Waals surface area contributed by atoms with E-state index in [1.165, 1.54) is 0 Å². The van der Waals surface area contributed by atoms with Crippen molar-refractivity contribution in [3.63, 3.8) is 0 Å². The summed E-state index contributed by atoms with van der Waals surface area (Å²) in [6, 6.07) is 3.93. The molecular weight excluding hydrogens is 272 g/mol. The maximum absolute atomic E-state index is 9.36. The van der Waals surface area contributed by atoms with Crippen LogP contribution in [-0.4, -0.2) is 42.5 Å². The summed E-state index contributed by atoms with van der Waals surface area (Å²) in [5.74, 6) is 0.876. The largest absolute Gasteiger partial charge is 0.394 e. The lowest BCUT2D eigenvalue weighted by Gasteiger charge is -2.24. The van der Waals surface area contributed by atoms with Crippen molar-refractivity contribution in [3.05, 3.63) is 22.8 Å². The molecule has 2 heterocycles. The number of ether oxygens (including phenoxy) is 1. The van der Waals surface area contributed by atoms with Gasteiger partial charge in [0.1, 0.15) is 5.82 Å².